The summed E-state index contributed by atoms with van der Waals surface area (Å²) in [7, 11) is -4.04. The summed E-state index contributed by atoms with van der Waals surface area (Å²) in [5.41, 5.74) is 1.47. The third-order valence-corrected chi connectivity index (χ3v) is 6.63. The topological polar surface area (TPSA) is 68.2 Å². The van der Waals surface area contributed by atoms with E-state index < -0.39 is 21.7 Å². The second kappa shape index (κ2) is 7.41. The average Bonchev–Trinajstić information content (AvgIpc) is 3.00. The number of nitrogens with zero attached hydrogens (tertiary/aromatic N) is 1. The van der Waals surface area contributed by atoms with Gasteiger partial charge >= 0.3 is 4.87 Å². The van der Waals surface area contributed by atoms with Gasteiger partial charge in [0.25, 0.3) is 10.0 Å². The van der Waals surface area contributed by atoms with E-state index in [1.54, 1.807) is 10.6 Å². The van der Waals surface area contributed by atoms with Crippen LogP contribution in [0.25, 0.3) is 10.2 Å². The first kappa shape index (κ1) is 19.3. The van der Waals surface area contributed by atoms with Crippen molar-refractivity contribution in [1.29, 1.82) is 0 Å². The molecule has 0 aliphatic carbocycles. The van der Waals surface area contributed by atoms with Gasteiger partial charge in [-0.2, -0.15) is 0 Å². The zero-order valence-electron chi connectivity index (χ0n) is 14.8. The van der Waals surface area contributed by atoms with Crippen molar-refractivity contribution in [1.82, 2.24) is 4.57 Å². The molecular weight excluding hydrogens is 418 g/mol. The predicted octanol–water partition coefficient (Wildman–Crippen LogP) is 4.19. The maximum atomic E-state index is 13.3. The molecule has 0 radical (unpaired) electrons. The van der Waals surface area contributed by atoms with Crippen LogP contribution in [0.3, 0.4) is 0 Å². The Morgan fingerprint density at radius 2 is 1.69 bits per heavy atom. The number of halogens is 2. The van der Waals surface area contributed by atoms with Crippen LogP contribution in [-0.2, 0) is 16.6 Å². The van der Waals surface area contributed by atoms with E-state index in [1.807, 2.05) is 30.3 Å². The summed E-state index contributed by atoms with van der Waals surface area (Å²) in [5.74, 6) is -2.23. The summed E-state index contributed by atoms with van der Waals surface area (Å²) in [6, 6.07) is 16.5. The Balaban J connectivity index is 1.68. The molecule has 5 nitrogen and oxygen atoms in total. The molecule has 4 rings (SSSR count). The van der Waals surface area contributed by atoms with E-state index in [2.05, 4.69) is 4.72 Å². The minimum atomic E-state index is -4.04. The van der Waals surface area contributed by atoms with Crippen molar-refractivity contribution >= 4 is 37.3 Å². The lowest BCUT2D eigenvalue weighted by molar-refractivity contribution is 0.509. The van der Waals surface area contributed by atoms with Gasteiger partial charge in [0.1, 0.15) is 0 Å². The number of rotatable bonds is 5. The normalized spacial score (nSPS) is 11.7. The molecule has 0 aliphatic heterocycles. The Labute approximate surface area is 168 Å². The maximum absolute atomic E-state index is 13.3. The lowest BCUT2D eigenvalue weighted by atomic mass is 10.2. The van der Waals surface area contributed by atoms with Gasteiger partial charge in [0.05, 0.1) is 27.3 Å². The molecule has 0 amide bonds. The molecule has 0 atom stereocenters. The molecule has 0 saturated carbocycles. The zero-order chi connectivity index (χ0) is 20.6. The third kappa shape index (κ3) is 3.92. The van der Waals surface area contributed by atoms with Gasteiger partial charge in [0.15, 0.2) is 11.6 Å². The summed E-state index contributed by atoms with van der Waals surface area (Å²) in [6.07, 6.45) is 0. The predicted molar refractivity (Wildman–Crippen MR) is 109 cm³/mol. The summed E-state index contributed by atoms with van der Waals surface area (Å²) in [5, 5.41) is 0. The highest BCUT2D eigenvalue weighted by Crippen LogP contribution is 2.24. The Morgan fingerprint density at radius 3 is 2.41 bits per heavy atom. The highest BCUT2D eigenvalue weighted by atomic mass is 32.2. The highest BCUT2D eigenvalue weighted by Gasteiger charge is 2.18. The summed E-state index contributed by atoms with van der Waals surface area (Å²) < 4.78 is 55.9. The Hall–Kier alpha value is -3.04. The van der Waals surface area contributed by atoms with Crippen LogP contribution in [0.1, 0.15) is 5.56 Å². The molecule has 148 valence electrons. The van der Waals surface area contributed by atoms with E-state index >= 15 is 0 Å². The van der Waals surface area contributed by atoms with Crippen molar-refractivity contribution < 1.29 is 17.2 Å². The zero-order valence-corrected chi connectivity index (χ0v) is 16.4. The standard InChI is InChI=1S/C20H14F2N2O3S2/c21-16-8-6-14(10-17(16)22)23-29(26,27)15-7-9-18-19(11-15)28-20(25)24(18)12-13-4-2-1-3-5-13/h1-11,23H,12H2. The van der Waals surface area contributed by atoms with Crippen molar-refractivity contribution in [2.45, 2.75) is 11.4 Å². The summed E-state index contributed by atoms with van der Waals surface area (Å²) in [6.45, 7) is 0.374. The molecule has 0 aliphatic rings. The Morgan fingerprint density at radius 1 is 0.931 bits per heavy atom. The summed E-state index contributed by atoms with van der Waals surface area (Å²) in [4.78, 5) is 12.1. The third-order valence-electron chi connectivity index (χ3n) is 4.31. The molecule has 4 aromatic rings. The molecule has 1 aromatic heterocycles. The molecule has 0 spiro atoms. The van der Waals surface area contributed by atoms with Crippen molar-refractivity contribution in [2.24, 2.45) is 0 Å². The molecule has 0 fully saturated rings. The second-order valence-electron chi connectivity index (χ2n) is 6.30. The maximum Gasteiger partial charge on any atom is 0.308 e. The van der Waals surface area contributed by atoms with Gasteiger partial charge in [-0.25, -0.2) is 17.2 Å². The second-order valence-corrected chi connectivity index (χ2v) is 8.98. The summed E-state index contributed by atoms with van der Waals surface area (Å²) >= 11 is 0.945. The molecule has 1 N–H and O–H groups in total. The van der Waals surface area contributed by atoms with Gasteiger partial charge in [-0.1, -0.05) is 41.7 Å². The molecule has 29 heavy (non-hydrogen) atoms. The first-order chi connectivity index (χ1) is 13.8. The van der Waals surface area contributed by atoms with Crippen LogP contribution in [-0.4, -0.2) is 13.0 Å². The van der Waals surface area contributed by atoms with Crippen molar-refractivity contribution in [3.63, 3.8) is 0 Å². The van der Waals surface area contributed by atoms with Crippen molar-refractivity contribution in [3.8, 4) is 0 Å². The van der Waals surface area contributed by atoms with Gasteiger partial charge in [-0.15, -0.1) is 0 Å². The van der Waals surface area contributed by atoms with Gasteiger partial charge in [-0.3, -0.25) is 14.1 Å². The fourth-order valence-electron chi connectivity index (χ4n) is 2.90. The number of thiazole rings is 1. The van der Waals surface area contributed by atoms with Gasteiger partial charge in [-0.05, 0) is 35.9 Å². The lowest BCUT2D eigenvalue weighted by Crippen LogP contribution is -2.14. The van der Waals surface area contributed by atoms with Crippen LogP contribution in [0.4, 0.5) is 14.5 Å². The lowest BCUT2D eigenvalue weighted by Gasteiger charge is -2.09. The van der Waals surface area contributed by atoms with Gasteiger partial charge in [0, 0.05) is 6.07 Å². The fourth-order valence-corrected chi connectivity index (χ4v) is 4.98. The number of hydrogen-bond donors (Lipinski definition) is 1. The van der Waals surface area contributed by atoms with E-state index in [4.69, 9.17) is 0 Å². The van der Waals surface area contributed by atoms with Crippen LogP contribution < -0.4 is 9.60 Å². The van der Waals surface area contributed by atoms with Crippen molar-refractivity contribution in [2.75, 3.05) is 4.72 Å². The minimum Gasteiger partial charge on any atom is -0.294 e. The van der Waals surface area contributed by atoms with Crippen molar-refractivity contribution in [3.05, 3.63) is 93.6 Å². The number of nitrogens with one attached hydrogen (secondary N) is 1. The van der Waals surface area contributed by atoms with Crippen LogP contribution in [0, 0.1) is 11.6 Å². The van der Waals surface area contributed by atoms with E-state index in [-0.39, 0.29) is 15.5 Å². The highest BCUT2D eigenvalue weighted by molar-refractivity contribution is 7.92. The van der Waals surface area contributed by atoms with Gasteiger partial charge in [0.2, 0.25) is 0 Å². The van der Waals surface area contributed by atoms with Gasteiger partial charge < -0.3 is 0 Å². The Bertz CT molecular complexity index is 1360. The van der Waals surface area contributed by atoms with Crippen LogP contribution in [0.5, 0.6) is 0 Å². The molecule has 9 heteroatoms. The number of hydrogen-bond acceptors (Lipinski definition) is 4. The number of aromatic nitrogens is 1. The largest absolute Gasteiger partial charge is 0.308 e. The van der Waals surface area contributed by atoms with Crippen LogP contribution in [0.2, 0.25) is 0 Å². The molecule has 3 aromatic carbocycles. The molecule has 0 saturated heterocycles. The average molecular weight is 432 g/mol. The first-order valence-corrected chi connectivity index (χ1v) is 10.8. The first-order valence-electron chi connectivity index (χ1n) is 8.49. The smallest absolute Gasteiger partial charge is 0.294 e. The molecule has 1 heterocycles. The number of sulfonamides is 1. The minimum absolute atomic E-state index is 0.0807. The van der Waals surface area contributed by atoms with E-state index in [9.17, 15) is 22.0 Å². The van der Waals surface area contributed by atoms with E-state index in [1.165, 1.54) is 12.1 Å². The number of anilines is 1. The quantitative estimate of drug-likeness (QED) is 0.514. The number of benzene rings is 3. The SMILES string of the molecule is O=c1sc2cc(S(=O)(=O)Nc3ccc(F)c(F)c3)ccc2n1Cc1ccccc1. The monoisotopic (exact) mass is 432 g/mol. The molecule has 0 bridgehead atoms. The van der Waals surface area contributed by atoms with Crippen LogP contribution in [0.15, 0.2) is 76.4 Å². The molecule has 0 unspecified atom stereocenters. The Kier molecular flexibility index (Phi) is 4.93. The molecular formula is C20H14F2N2O3S2. The number of fused-ring (bicyclic) bond motifs is 1. The van der Waals surface area contributed by atoms with Crippen LogP contribution >= 0.6 is 11.3 Å². The van der Waals surface area contributed by atoms with E-state index in [0.29, 0.717) is 16.8 Å². The van der Waals surface area contributed by atoms with E-state index in [0.717, 1.165) is 35.1 Å². The fraction of sp³-hybridized carbons (Fsp3) is 0.0500.